The number of nitro groups is 1. The van der Waals surface area contributed by atoms with E-state index in [4.69, 9.17) is 0 Å². The van der Waals surface area contributed by atoms with Gasteiger partial charge < -0.3 is 0 Å². The Balaban J connectivity index is 3.15. The van der Waals surface area contributed by atoms with Gasteiger partial charge in [0.2, 0.25) is 10.0 Å². The van der Waals surface area contributed by atoms with Gasteiger partial charge in [-0.15, -0.1) is 6.58 Å². The van der Waals surface area contributed by atoms with Crippen molar-refractivity contribution in [3.8, 4) is 0 Å². The van der Waals surface area contributed by atoms with Crippen molar-refractivity contribution >= 4 is 31.6 Å². The summed E-state index contributed by atoms with van der Waals surface area (Å²) in [6, 6.07) is 4.73. The molecule has 0 heterocycles. The van der Waals surface area contributed by atoms with Gasteiger partial charge in [-0.25, -0.2) is 8.42 Å². The van der Waals surface area contributed by atoms with E-state index in [1.807, 2.05) is 0 Å². The Kier molecular flexibility index (Phi) is 5.61. The lowest BCUT2D eigenvalue weighted by molar-refractivity contribution is -0.384. The summed E-state index contributed by atoms with van der Waals surface area (Å²) in [4.78, 5) is 9.96. The largest absolute Gasteiger partial charge is 0.269 e. The van der Waals surface area contributed by atoms with Crippen LogP contribution in [0.4, 0.5) is 5.69 Å². The molecular weight excluding hydrogens is 348 g/mol. The second-order valence-corrected chi connectivity index (χ2v) is 6.91. The van der Waals surface area contributed by atoms with Gasteiger partial charge in [0, 0.05) is 29.7 Å². The number of benzene rings is 1. The standard InChI is InChI=1S/C12H13BrN2O4S/c1-3-8-14(9-10(2)13)20(18,19)12-6-4-11(5-7-12)15(16)17/h3-7H,1-2,8-9H2. The molecule has 0 saturated carbocycles. The lowest BCUT2D eigenvalue weighted by Gasteiger charge is -2.20. The average Bonchev–Trinajstić information content (AvgIpc) is 2.37. The van der Waals surface area contributed by atoms with Crippen molar-refractivity contribution in [3.05, 3.63) is 58.1 Å². The molecular formula is C12H13BrN2O4S. The van der Waals surface area contributed by atoms with E-state index in [2.05, 4.69) is 29.1 Å². The number of hydrogen-bond donors (Lipinski definition) is 0. The Hall–Kier alpha value is -1.51. The minimum Gasteiger partial charge on any atom is -0.258 e. The van der Waals surface area contributed by atoms with Crippen LogP contribution in [-0.2, 0) is 10.0 Å². The van der Waals surface area contributed by atoms with Crippen LogP contribution in [0.15, 0.2) is 52.9 Å². The number of nitrogens with zero attached hydrogens (tertiary/aromatic N) is 2. The van der Waals surface area contributed by atoms with Crippen LogP contribution >= 0.6 is 15.9 Å². The molecule has 0 bridgehead atoms. The molecule has 0 atom stereocenters. The summed E-state index contributed by atoms with van der Waals surface area (Å²) in [6.07, 6.45) is 1.46. The summed E-state index contributed by atoms with van der Waals surface area (Å²) in [6.45, 7) is 7.32. The Morgan fingerprint density at radius 3 is 2.35 bits per heavy atom. The SMILES string of the molecule is C=CCN(CC(=C)Br)S(=O)(=O)c1ccc([N+](=O)[O-])cc1. The molecule has 20 heavy (non-hydrogen) atoms. The first-order chi connectivity index (χ1) is 9.28. The molecule has 0 aliphatic rings. The first-order valence-corrected chi connectivity index (χ1v) is 7.71. The maximum Gasteiger partial charge on any atom is 0.269 e. The van der Waals surface area contributed by atoms with E-state index in [0.717, 1.165) is 16.4 Å². The van der Waals surface area contributed by atoms with E-state index in [-0.39, 0.29) is 23.7 Å². The van der Waals surface area contributed by atoms with Gasteiger partial charge in [-0.2, -0.15) is 4.31 Å². The summed E-state index contributed by atoms with van der Waals surface area (Å²) in [5.74, 6) is 0. The first-order valence-electron chi connectivity index (χ1n) is 5.48. The number of rotatable bonds is 7. The molecule has 0 radical (unpaired) electrons. The molecule has 1 aromatic carbocycles. The molecule has 8 heteroatoms. The highest BCUT2D eigenvalue weighted by Gasteiger charge is 2.24. The Bertz CT molecular complexity index is 625. The quantitative estimate of drug-likeness (QED) is 0.425. The van der Waals surface area contributed by atoms with Crippen molar-refractivity contribution in [1.82, 2.24) is 4.31 Å². The molecule has 0 spiro atoms. The fraction of sp³-hybridized carbons (Fsp3) is 0.167. The van der Waals surface area contributed by atoms with E-state index in [1.165, 1.54) is 18.2 Å². The van der Waals surface area contributed by atoms with Crippen molar-refractivity contribution in [2.45, 2.75) is 4.90 Å². The number of hydrogen-bond acceptors (Lipinski definition) is 4. The number of halogens is 1. The van der Waals surface area contributed by atoms with Gasteiger partial charge in [-0.3, -0.25) is 10.1 Å². The third-order valence-electron chi connectivity index (χ3n) is 2.37. The highest BCUT2D eigenvalue weighted by atomic mass is 79.9. The molecule has 0 aromatic heterocycles. The van der Waals surface area contributed by atoms with Crippen molar-refractivity contribution in [2.24, 2.45) is 0 Å². The van der Waals surface area contributed by atoms with Gasteiger partial charge in [0.05, 0.1) is 9.82 Å². The van der Waals surface area contributed by atoms with Gasteiger partial charge in [0.1, 0.15) is 0 Å². The van der Waals surface area contributed by atoms with Gasteiger partial charge in [0.25, 0.3) is 5.69 Å². The van der Waals surface area contributed by atoms with Crippen LogP contribution in [0.3, 0.4) is 0 Å². The molecule has 0 unspecified atom stereocenters. The van der Waals surface area contributed by atoms with Crippen LogP contribution < -0.4 is 0 Å². The van der Waals surface area contributed by atoms with Crippen LogP contribution in [0, 0.1) is 10.1 Å². The highest BCUT2D eigenvalue weighted by molar-refractivity contribution is 9.11. The Labute approximate surface area is 125 Å². The molecule has 0 fully saturated rings. The van der Waals surface area contributed by atoms with E-state index < -0.39 is 14.9 Å². The van der Waals surface area contributed by atoms with E-state index in [1.54, 1.807) is 0 Å². The molecule has 0 amide bonds. The second kappa shape index (κ2) is 6.78. The van der Waals surface area contributed by atoms with Crippen LogP contribution in [0.5, 0.6) is 0 Å². The first kappa shape index (κ1) is 16.5. The third kappa shape index (κ3) is 3.99. The molecule has 0 saturated heterocycles. The summed E-state index contributed by atoms with van der Waals surface area (Å²) in [7, 11) is -3.75. The lowest BCUT2D eigenvalue weighted by Crippen LogP contribution is -2.32. The predicted octanol–water partition coefficient (Wildman–Crippen LogP) is 2.68. The zero-order valence-electron chi connectivity index (χ0n) is 10.5. The molecule has 1 aromatic rings. The second-order valence-electron chi connectivity index (χ2n) is 3.85. The summed E-state index contributed by atoms with van der Waals surface area (Å²) in [5.41, 5.74) is -0.163. The van der Waals surface area contributed by atoms with Crippen LogP contribution in [-0.4, -0.2) is 30.7 Å². The minimum atomic E-state index is -3.75. The van der Waals surface area contributed by atoms with E-state index in [9.17, 15) is 18.5 Å². The van der Waals surface area contributed by atoms with Crippen LogP contribution in [0.2, 0.25) is 0 Å². The van der Waals surface area contributed by atoms with Crippen molar-refractivity contribution in [1.29, 1.82) is 0 Å². The summed E-state index contributed by atoms with van der Waals surface area (Å²) < 4.78 is 26.4. The smallest absolute Gasteiger partial charge is 0.258 e. The molecule has 0 aliphatic heterocycles. The van der Waals surface area contributed by atoms with Gasteiger partial charge in [-0.05, 0) is 12.1 Å². The van der Waals surface area contributed by atoms with Gasteiger partial charge in [0.15, 0.2) is 0 Å². The van der Waals surface area contributed by atoms with Crippen molar-refractivity contribution in [3.63, 3.8) is 0 Å². The van der Waals surface area contributed by atoms with Crippen LogP contribution in [0.1, 0.15) is 0 Å². The Morgan fingerprint density at radius 2 is 1.95 bits per heavy atom. The molecule has 108 valence electrons. The van der Waals surface area contributed by atoms with Crippen molar-refractivity contribution < 1.29 is 13.3 Å². The number of sulfonamides is 1. The molecule has 0 N–H and O–H groups in total. The topological polar surface area (TPSA) is 80.5 Å². The maximum atomic E-state index is 12.4. The lowest BCUT2D eigenvalue weighted by atomic mass is 10.3. The van der Waals surface area contributed by atoms with Crippen molar-refractivity contribution in [2.75, 3.05) is 13.1 Å². The zero-order chi connectivity index (χ0) is 15.3. The minimum absolute atomic E-state index is 0.0151. The average molecular weight is 361 g/mol. The van der Waals surface area contributed by atoms with Crippen LogP contribution in [0.25, 0.3) is 0 Å². The number of nitro benzene ring substituents is 1. The third-order valence-corrected chi connectivity index (χ3v) is 4.44. The Morgan fingerprint density at radius 1 is 1.40 bits per heavy atom. The monoisotopic (exact) mass is 360 g/mol. The predicted molar refractivity (Wildman–Crippen MR) is 80.1 cm³/mol. The normalized spacial score (nSPS) is 11.3. The summed E-state index contributed by atoms with van der Waals surface area (Å²) in [5, 5.41) is 10.6. The van der Waals surface area contributed by atoms with E-state index in [0.29, 0.717) is 4.48 Å². The zero-order valence-corrected chi connectivity index (χ0v) is 12.9. The molecule has 1 rings (SSSR count). The fourth-order valence-electron chi connectivity index (χ4n) is 1.47. The summed E-state index contributed by atoms with van der Waals surface area (Å²) >= 11 is 3.12. The fourth-order valence-corrected chi connectivity index (χ4v) is 3.35. The number of non-ortho nitro benzene ring substituents is 1. The maximum absolute atomic E-state index is 12.4. The van der Waals surface area contributed by atoms with E-state index >= 15 is 0 Å². The molecule has 0 aliphatic carbocycles. The molecule has 6 nitrogen and oxygen atoms in total. The van der Waals surface area contributed by atoms with Gasteiger partial charge >= 0.3 is 0 Å². The highest BCUT2D eigenvalue weighted by Crippen LogP contribution is 2.21. The van der Waals surface area contributed by atoms with Gasteiger partial charge in [-0.1, -0.05) is 28.6 Å².